The summed E-state index contributed by atoms with van der Waals surface area (Å²) in [5.41, 5.74) is 0. The third-order valence-electron chi connectivity index (χ3n) is 3.83. The first-order valence-electron chi connectivity index (χ1n) is 6.92. The van der Waals surface area contributed by atoms with Crippen LogP contribution in [0, 0.1) is 11.8 Å². The molecule has 20 heavy (non-hydrogen) atoms. The van der Waals surface area contributed by atoms with Crippen molar-refractivity contribution in [3.63, 3.8) is 0 Å². The summed E-state index contributed by atoms with van der Waals surface area (Å²) in [6.45, 7) is 1.29. The average Bonchev–Trinajstić information content (AvgIpc) is 3.22. The van der Waals surface area contributed by atoms with Crippen molar-refractivity contribution < 1.29 is 8.42 Å². The molecule has 0 spiro atoms. The Kier molecular flexibility index (Phi) is 4.15. The number of sulfonamides is 1. The van der Waals surface area contributed by atoms with Crippen LogP contribution in [0.15, 0.2) is 27.6 Å². The molecule has 2 saturated carbocycles. The molecule has 6 heteroatoms. The Morgan fingerprint density at radius 1 is 1.15 bits per heavy atom. The van der Waals surface area contributed by atoms with E-state index in [4.69, 9.17) is 11.6 Å². The van der Waals surface area contributed by atoms with Crippen LogP contribution in [0.5, 0.6) is 0 Å². The zero-order chi connectivity index (χ0) is 14.3. The molecule has 2 aliphatic rings. The molecule has 0 atom stereocenters. The van der Waals surface area contributed by atoms with Gasteiger partial charge in [-0.2, -0.15) is 4.31 Å². The third kappa shape index (κ3) is 3.38. The zero-order valence-electron chi connectivity index (χ0n) is 11.1. The number of rotatable bonds is 6. The molecule has 3 nitrogen and oxygen atoms in total. The molecule has 0 heterocycles. The van der Waals surface area contributed by atoms with Gasteiger partial charge in [-0.25, -0.2) is 8.42 Å². The number of hydrogen-bond donors (Lipinski definition) is 0. The van der Waals surface area contributed by atoms with E-state index in [-0.39, 0.29) is 9.92 Å². The van der Waals surface area contributed by atoms with Crippen LogP contribution >= 0.6 is 27.5 Å². The van der Waals surface area contributed by atoms with Crippen molar-refractivity contribution in [2.45, 2.75) is 30.6 Å². The SMILES string of the molecule is O=S(=O)(c1ccc(Br)cc1Cl)N(CC1CC1)CC1CC1. The average molecular weight is 379 g/mol. The van der Waals surface area contributed by atoms with Gasteiger partial charge < -0.3 is 0 Å². The maximum Gasteiger partial charge on any atom is 0.244 e. The van der Waals surface area contributed by atoms with Crippen molar-refractivity contribution in [1.82, 2.24) is 4.31 Å². The van der Waals surface area contributed by atoms with Gasteiger partial charge in [0.2, 0.25) is 10.0 Å². The summed E-state index contributed by atoms with van der Waals surface area (Å²) in [6.07, 6.45) is 4.57. The van der Waals surface area contributed by atoms with Crippen molar-refractivity contribution in [2.75, 3.05) is 13.1 Å². The number of nitrogens with zero attached hydrogens (tertiary/aromatic N) is 1. The lowest BCUT2D eigenvalue weighted by molar-refractivity contribution is 0.382. The van der Waals surface area contributed by atoms with E-state index < -0.39 is 10.0 Å². The fraction of sp³-hybridized carbons (Fsp3) is 0.571. The molecule has 0 aromatic heterocycles. The monoisotopic (exact) mass is 377 g/mol. The lowest BCUT2D eigenvalue weighted by atomic mass is 10.4. The van der Waals surface area contributed by atoms with E-state index >= 15 is 0 Å². The van der Waals surface area contributed by atoms with E-state index in [1.165, 1.54) is 0 Å². The molecule has 0 radical (unpaired) electrons. The maximum absolute atomic E-state index is 12.8. The van der Waals surface area contributed by atoms with E-state index in [1.807, 2.05) is 0 Å². The fourth-order valence-corrected chi connectivity index (χ4v) is 4.87. The van der Waals surface area contributed by atoms with E-state index in [9.17, 15) is 8.42 Å². The Morgan fingerprint density at radius 3 is 2.15 bits per heavy atom. The largest absolute Gasteiger partial charge is 0.244 e. The predicted molar refractivity (Wildman–Crippen MR) is 83.4 cm³/mol. The number of benzene rings is 1. The normalized spacial score (nSPS) is 19.6. The summed E-state index contributed by atoms with van der Waals surface area (Å²) >= 11 is 9.43. The summed E-state index contributed by atoms with van der Waals surface area (Å²) in [6, 6.07) is 4.96. The Hall–Kier alpha value is -0.100. The van der Waals surface area contributed by atoms with Crippen molar-refractivity contribution >= 4 is 37.6 Å². The van der Waals surface area contributed by atoms with E-state index in [2.05, 4.69) is 15.9 Å². The van der Waals surface area contributed by atoms with Gasteiger partial charge in [0.25, 0.3) is 0 Å². The molecule has 110 valence electrons. The first-order chi connectivity index (χ1) is 9.46. The Balaban J connectivity index is 1.89. The standard InChI is InChI=1S/C14H17BrClNO2S/c15-12-5-6-14(13(16)7-12)20(18,19)17(8-10-1-2-10)9-11-3-4-11/h5-7,10-11H,1-4,8-9H2. The van der Waals surface area contributed by atoms with Crippen LogP contribution in [-0.4, -0.2) is 25.8 Å². The summed E-state index contributed by atoms with van der Waals surface area (Å²) < 4.78 is 28.1. The zero-order valence-corrected chi connectivity index (χ0v) is 14.2. The minimum atomic E-state index is -3.48. The molecule has 2 aliphatic carbocycles. The van der Waals surface area contributed by atoms with Gasteiger partial charge in [-0.15, -0.1) is 0 Å². The van der Waals surface area contributed by atoms with Crippen LogP contribution < -0.4 is 0 Å². The lowest BCUT2D eigenvalue weighted by Crippen LogP contribution is -2.34. The van der Waals surface area contributed by atoms with E-state index in [0.717, 1.165) is 30.2 Å². The Morgan fingerprint density at radius 2 is 1.70 bits per heavy atom. The number of hydrogen-bond acceptors (Lipinski definition) is 2. The molecule has 0 bridgehead atoms. The van der Waals surface area contributed by atoms with Gasteiger partial charge in [0.1, 0.15) is 4.90 Å². The van der Waals surface area contributed by atoms with Crippen LogP contribution in [-0.2, 0) is 10.0 Å². The van der Waals surface area contributed by atoms with Gasteiger partial charge >= 0.3 is 0 Å². The molecule has 0 amide bonds. The summed E-state index contributed by atoms with van der Waals surface area (Å²) in [7, 11) is -3.48. The van der Waals surface area contributed by atoms with Crippen molar-refractivity contribution in [2.24, 2.45) is 11.8 Å². The smallest absolute Gasteiger partial charge is 0.207 e. The molecule has 3 rings (SSSR count). The van der Waals surface area contributed by atoms with Gasteiger partial charge in [0.05, 0.1) is 5.02 Å². The first-order valence-corrected chi connectivity index (χ1v) is 9.53. The molecule has 1 aromatic rings. The molecular weight excluding hydrogens is 362 g/mol. The summed E-state index contributed by atoms with van der Waals surface area (Å²) in [4.78, 5) is 0.226. The quantitative estimate of drug-likeness (QED) is 0.752. The highest BCUT2D eigenvalue weighted by atomic mass is 79.9. The van der Waals surface area contributed by atoms with Gasteiger partial charge in [-0.3, -0.25) is 0 Å². The fourth-order valence-electron chi connectivity index (χ4n) is 2.27. The van der Waals surface area contributed by atoms with Gasteiger partial charge in [0.15, 0.2) is 0 Å². The lowest BCUT2D eigenvalue weighted by Gasteiger charge is -2.22. The molecule has 0 N–H and O–H groups in total. The topological polar surface area (TPSA) is 37.4 Å². The third-order valence-corrected chi connectivity index (χ3v) is 6.64. The highest BCUT2D eigenvalue weighted by Gasteiger charge is 2.36. The van der Waals surface area contributed by atoms with Crippen molar-refractivity contribution in [3.05, 3.63) is 27.7 Å². The second-order valence-electron chi connectivity index (χ2n) is 5.78. The van der Waals surface area contributed by atoms with Crippen LogP contribution in [0.4, 0.5) is 0 Å². The first kappa shape index (κ1) is 14.8. The second-order valence-corrected chi connectivity index (χ2v) is 9.01. The second kappa shape index (κ2) is 5.59. The maximum atomic E-state index is 12.8. The van der Waals surface area contributed by atoms with Gasteiger partial charge in [0, 0.05) is 17.6 Å². The molecule has 1 aromatic carbocycles. The highest BCUT2D eigenvalue weighted by molar-refractivity contribution is 9.10. The van der Waals surface area contributed by atoms with Crippen LogP contribution in [0.3, 0.4) is 0 Å². The Bertz CT molecular complexity index is 598. The molecule has 0 aliphatic heterocycles. The van der Waals surface area contributed by atoms with E-state index in [0.29, 0.717) is 24.9 Å². The van der Waals surface area contributed by atoms with E-state index in [1.54, 1.807) is 22.5 Å². The number of halogens is 2. The van der Waals surface area contributed by atoms with Gasteiger partial charge in [-0.05, 0) is 55.7 Å². The minimum absolute atomic E-state index is 0.226. The molecule has 2 fully saturated rings. The summed E-state index contributed by atoms with van der Waals surface area (Å²) in [5.74, 6) is 1.08. The van der Waals surface area contributed by atoms with Crippen molar-refractivity contribution in [3.8, 4) is 0 Å². The molecule has 0 unspecified atom stereocenters. The highest BCUT2D eigenvalue weighted by Crippen LogP contribution is 2.37. The van der Waals surface area contributed by atoms with Crippen LogP contribution in [0.1, 0.15) is 25.7 Å². The van der Waals surface area contributed by atoms with Crippen LogP contribution in [0.25, 0.3) is 0 Å². The summed E-state index contributed by atoms with van der Waals surface area (Å²) in [5, 5.41) is 0.288. The Labute approximate surface area is 133 Å². The molecule has 0 saturated heterocycles. The van der Waals surface area contributed by atoms with Crippen molar-refractivity contribution in [1.29, 1.82) is 0 Å². The molecular formula is C14H17BrClNO2S. The van der Waals surface area contributed by atoms with Crippen LogP contribution in [0.2, 0.25) is 5.02 Å². The van der Waals surface area contributed by atoms with Gasteiger partial charge in [-0.1, -0.05) is 27.5 Å². The predicted octanol–water partition coefficient (Wildman–Crippen LogP) is 3.91. The minimum Gasteiger partial charge on any atom is -0.207 e.